The molecule has 0 radical (unpaired) electrons. The summed E-state index contributed by atoms with van der Waals surface area (Å²) in [4.78, 5) is 2.24. The lowest BCUT2D eigenvalue weighted by molar-refractivity contribution is 0.345. The molecule has 11 heavy (non-hydrogen) atoms. The topological polar surface area (TPSA) is 15.6 Å². The fourth-order valence-electron chi connectivity index (χ4n) is 1.16. The first kappa shape index (κ1) is 11.2. The fraction of sp³-hybridized carbons (Fsp3) is 0.875. The highest BCUT2D eigenvalue weighted by Gasteiger charge is 2.10. The molecule has 0 aliphatic rings. The van der Waals surface area contributed by atoms with E-state index in [0.29, 0.717) is 6.04 Å². The molecule has 0 aromatic heterocycles. The first-order chi connectivity index (χ1) is 5.17. The van der Waals surface area contributed by atoms with Crippen LogP contribution in [0.3, 0.4) is 0 Å². The minimum atomic E-state index is 0.647. The first-order valence-electron chi connectivity index (χ1n) is 4.05. The summed E-state index contributed by atoms with van der Waals surface area (Å²) >= 11 is 2.04. The van der Waals surface area contributed by atoms with Gasteiger partial charge in [0, 0.05) is 13.1 Å². The minimum Gasteiger partial charge on any atom is -0.360 e. The van der Waals surface area contributed by atoms with Crippen LogP contribution in [0.5, 0.6) is 0 Å². The molecule has 0 saturated heterocycles. The molecule has 0 spiro atoms. The van der Waals surface area contributed by atoms with Crippen molar-refractivity contribution in [1.29, 1.82) is 0 Å². The molecule has 0 bridgehead atoms. The van der Waals surface area contributed by atoms with Crippen LogP contribution in [0.1, 0.15) is 33.6 Å². The molecule has 0 aliphatic carbocycles. The van der Waals surface area contributed by atoms with Gasteiger partial charge in [-0.25, -0.2) is 3.21 Å². The molecule has 0 saturated carbocycles. The molecule has 0 fully saturated rings. The highest BCUT2D eigenvalue weighted by atomic mass is 127. The summed E-state index contributed by atoms with van der Waals surface area (Å²) in [5.74, 6) is 1.11. The van der Waals surface area contributed by atoms with E-state index in [9.17, 15) is 0 Å². The predicted octanol–water partition coefficient (Wildman–Crippen LogP) is 2.88. The average Bonchev–Trinajstić information content (AvgIpc) is 2.05. The standard InChI is InChI=1S/C8H17IN2/c1-5-8(6-2)11(4)7(3)10-9/h8H,5-6H2,1-4H3. The van der Waals surface area contributed by atoms with Gasteiger partial charge in [0.1, 0.15) is 5.84 Å². The maximum absolute atomic E-state index is 4.12. The number of nitrogens with zero attached hydrogens (tertiary/aromatic N) is 2. The lowest BCUT2D eigenvalue weighted by Crippen LogP contribution is -2.34. The molecule has 0 aliphatic heterocycles. The van der Waals surface area contributed by atoms with Gasteiger partial charge >= 0.3 is 0 Å². The Morgan fingerprint density at radius 2 is 1.91 bits per heavy atom. The molecule has 66 valence electrons. The van der Waals surface area contributed by atoms with Crippen molar-refractivity contribution in [2.45, 2.75) is 39.7 Å². The van der Waals surface area contributed by atoms with Crippen LogP contribution in [0.15, 0.2) is 3.21 Å². The molecular weight excluding hydrogens is 251 g/mol. The normalized spacial score (nSPS) is 12.4. The average molecular weight is 268 g/mol. The quantitative estimate of drug-likeness (QED) is 0.436. The molecule has 0 aromatic carbocycles. The summed E-state index contributed by atoms with van der Waals surface area (Å²) in [5, 5.41) is 0. The summed E-state index contributed by atoms with van der Waals surface area (Å²) in [6.45, 7) is 6.47. The summed E-state index contributed by atoms with van der Waals surface area (Å²) < 4.78 is 4.12. The van der Waals surface area contributed by atoms with Crippen LogP contribution < -0.4 is 0 Å². The fourth-order valence-corrected chi connectivity index (χ4v) is 1.50. The second kappa shape index (κ2) is 5.80. The summed E-state index contributed by atoms with van der Waals surface area (Å²) in [6.07, 6.45) is 2.38. The van der Waals surface area contributed by atoms with Crippen molar-refractivity contribution in [3.63, 3.8) is 0 Å². The molecule has 0 atom stereocenters. The van der Waals surface area contributed by atoms with Crippen LogP contribution in [-0.4, -0.2) is 23.8 Å². The Hall–Kier alpha value is 0.200. The van der Waals surface area contributed by atoms with Gasteiger partial charge < -0.3 is 4.90 Å². The molecule has 0 heterocycles. The van der Waals surface area contributed by atoms with Gasteiger partial charge in [-0.15, -0.1) is 0 Å². The van der Waals surface area contributed by atoms with Gasteiger partial charge in [-0.2, -0.15) is 0 Å². The van der Waals surface area contributed by atoms with Crippen LogP contribution in [0.25, 0.3) is 0 Å². The largest absolute Gasteiger partial charge is 0.360 e. The molecule has 3 heteroatoms. The van der Waals surface area contributed by atoms with Crippen molar-refractivity contribution in [3.8, 4) is 0 Å². The third-order valence-corrected chi connectivity index (χ3v) is 2.82. The highest BCUT2D eigenvalue weighted by molar-refractivity contribution is 14.1. The third kappa shape index (κ3) is 3.40. The van der Waals surface area contributed by atoms with Crippen LogP contribution in [0.2, 0.25) is 0 Å². The molecule has 0 N–H and O–H groups in total. The number of hydrogen-bond acceptors (Lipinski definition) is 1. The zero-order valence-corrected chi connectivity index (χ0v) is 9.92. The van der Waals surface area contributed by atoms with Crippen molar-refractivity contribution in [2.24, 2.45) is 3.21 Å². The highest BCUT2D eigenvalue weighted by Crippen LogP contribution is 2.07. The van der Waals surface area contributed by atoms with Gasteiger partial charge in [0.25, 0.3) is 0 Å². The number of halogens is 1. The van der Waals surface area contributed by atoms with E-state index in [-0.39, 0.29) is 0 Å². The van der Waals surface area contributed by atoms with Gasteiger partial charge in [0.05, 0.1) is 22.9 Å². The van der Waals surface area contributed by atoms with E-state index in [1.165, 1.54) is 12.8 Å². The van der Waals surface area contributed by atoms with Crippen LogP contribution in [0, 0.1) is 0 Å². The Bertz CT molecular complexity index is 130. The summed E-state index contributed by atoms with van der Waals surface area (Å²) in [6, 6.07) is 0.647. The molecule has 0 amide bonds. The van der Waals surface area contributed by atoms with Crippen molar-refractivity contribution < 1.29 is 0 Å². The van der Waals surface area contributed by atoms with E-state index in [4.69, 9.17) is 0 Å². The van der Waals surface area contributed by atoms with E-state index >= 15 is 0 Å². The maximum atomic E-state index is 4.12. The van der Waals surface area contributed by atoms with E-state index in [0.717, 1.165) is 5.84 Å². The molecule has 0 aromatic rings. The molecular formula is C8H17IN2. The zero-order chi connectivity index (χ0) is 8.85. The van der Waals surface area contributed by atoms with Crippen molar-refractivity contribution in [1.82, 2.24) is 4.90 Å². The van der Waals surface area contributed by atoms with Crippen molar-refractivity contribution in [2.75, 3.05) is 7.05 Å². The van der Waals surface area contributed by atoms with Gasteiger partial charge in [-0.1, -0.05) is 13.8 Å². The minimum absolute atomic E-state index is 0.647. The van der Waals surface area contributed by atoms with Crippen LogP contribution >= 0.6 is 22.9 Å². The SMILES string of the molecule is CCC(CC)N(C)C(C)=NI. The Labute approximate surface area is 83.6 Å². The van der Waals surface area contributed by atoms with E-state index in [1.54, 1.807) is 0 Å². The van der Waals surface area contributed by atoms with E-state index in [2.05, 4.69) is 29.0 Å². The van der Waals surface area contributed by atoms with Gasteiger partial charge in [0.2, 0.25) is 0 Å². The van der Waals surface area contributed by atoms with Gasteiger partial charge in [-0.05, 0) is 19.8 Å². The van der Waals surface area contributed by atoms with Gasteiger partial charge in [0.15, 0.2) is 0 Å². The Kier molecular flexibility index (Phi) is 5.91. The maximum Gasteiger partial charge on any atom is 0.108 e. The molecule has 2 nitrogen and oxygen atoms in total. The Morgan fingerprint density at radius 1 is 1.45 bits per heavy atom. The van der Waals surface area contributed by atoms with Crippen molar-refractivity contribution in [3.05, 3.63) is 0 Å². The third-order valence-electron chi connectivity index (χ3n) is 2.12. The first-order valence-corrected chi connectivity index (χ1v) is 5.02. The number of amidine groups is 1. The van der Waals surface area contributed by atoms with Crippen molar-refractivity contribution >= 4 is 28.7 Å². The smallest absolute Gasteiger partial charge is 0.108 e. The Balaban J connectivity index is 4.08. The van der Waals surface area contributed by atoms with E-state index < -0.39 is 0 Å². The second-order valence-corrected chi connectivity index (χ2v) is 3.20. The summed E-state index contributed by atoms with van der Waals surface area (Å²) in [5.41, 5.74) is 0. The van der Waals surface area contributed by atoms with E-state index in [1.807, 2.05) is 29.8 Å². The van der Waals surface area contributed by atoms with Crippen LogP contribution in [0.4, 0.5) is 0 Å². The number of hydrogen-bond donors (Lipinski definition) is 0. The second-order valence-electron chi connectivity index (χ2n) is 2.71. The van der Waals surface area contributed by atoms with Crippen LogP contribution in [-0.2, 0) is 0 Å². The monoisotopic (exact) mass is 268 g/mol. The summed E-state index contributed by atoms with van der Waals surface area (Å²) in [7, 11) is 2.11. The predicted molar refractivity (Wildman–Crippen MR) is 59.3 cm³/mol. The van der Waals surface area contributed by atoms with Gasteiger partial charge in [-0.3, -0.25) is 0 Å². The number of rotatable bonds is 3. The lowest BCUT2D eigenvalue weighted by Gasteiger charge is -2.27. The Morgan fingerprint density at radius 3 is 2.18 bits per heavy atom. The lowest BCUT2D eigenvalue weighted by atomic mass is 10.1. The molecule has 0 unspecified atom stereocenters. The zero-order valence-electron chi connectivity index (χ0n) is 7.76. The molecule has 0 rings (SSSR count).